The first-order valence-corrected chi connectivity index (χ1v) is 7.57. The minimum atomic E-state index is -0.803. The van der Waals surface area contributed by atoms with Crippen molar-refractivity contribution in [3.8, 4) is 0 Å². The van der Waals surface area contributed by atoms with Gasteiger partial charge in [0.05, 0.1) is 11.1 Å². The second-order valence-electron chi connectivity index (χ2n) is 5.73. The molecule has 3 rings (SSSR count). The Kier molecular flexibility index (Phi) is 3.94. The summed E-state index contributed by atoms with van der Waals surface area (Å²) in [7, 11) is 0. The van der Waals surface area contributed by atoms with Gasteiger partial charge in [0.1, 0.15) is 6.04 Å². The zero-order chi connectivity index (χ0) is 15.7. The smallest absolute Gasteiger partial charge is 0.262 e. The van der Waals surface area contributed by atoms with Crippen molar-refractivity contribution in [1.29, 1.82) is 0 Å². The number of carbonyl (C=O) groups excluding carboxylic acids is 3. The van der Waals surface area contributed by atoms with Gasteiger partial charge in [0.2, 0.25) is 5.91 Å². The molecule has 22 heavy (non-hydrogen) atoms. The molecule has 2 N–H and O–H groups in total. The molecule has 6 heteroatoms. The van der Waals surface area contributed by atoms with E-state index in [2.05, 4.69) is 10.6 Å². The lowest BCUT2D eigenvalue weighted by molar-refractivity contribution is -0.125. The molecule has 3 amide bonds. The van der Waals surface area contributed by atoms with Gasteiger partial charge in [-0.3, -0.25) is 19.3 Å². The number of hydrogen-bond donors (Lipinski definition) is 2. The van der Waals surface area contributed by atoms with E-state index in [0.717, 1.165) is 30.8 Å². The zero-order valence-electron chi connectivity index (χ0n) is 12.5. The molecule has 1 unspecified atom stereocenters. The van der Waals surface area contributed by atoms with Crippen LogP contribution in [0.3, 0.4) is 0 Å². The number of amides is 3. The number of imide groups is 1. The number of nitrogens with zero attached hydrogens (tertiary/aromatic N) is 1. The van der Waals surface area contributed by atoms with E-state index < -0.39 is 17.9 Å². The van der Waals surface area contributed by atoms with Crippen molar-refractivity contribution in [1.82, 2.24) is 15.5 Å². The van der Waals surface area contributed by atoms with Crippen molar-refractivity contribution in [3.63, 3.8) is 0 Å². The molecule has 0 spiro atoms. The van der Waals surface area contributed by atoms with Crippen molar-refractivity contribution < 1.29 is 14.4 Å². The minimum Gasteiger partial charge on any atom is -0.351 e. The lowest BCUT2D eigenvalue weighted by Gasteiger charge is -2.27. The molecule has 2 aliphatic heterocycles. The molecule has 2 heterocycles. The zero-order valence-corrected chi connectivity index (χ0v) is 12.5. The normalized spacial score (nSPS) is 20.0. The third-order valence-corrected chi connectivity index (χ3v) is 4.28. The van der Waals surface area contributed by atoms with Gasteiger partial charge in [-0.2, -0.15) is 0 Å². The number of benzene rings is 1. The fraction of sp³-hybridized carbons (Fsp3) is 0.438. The highest BCUT2D eigenvalue weighted by Gasteiger charge is 2.40. The van der Waals surface area contributed by atoms with Crippen LogP contribution in [0, 0.1) is 0 Å². The molecule has 0 aliphatic carbocycles. The molecule has 1 aromatic carbocycles. The van der Waals surface area contributed by atoms with E-state index in [1.807, 2.05) is 0 Å². The van der Waals surface area contributed by atoms with Crippen LogP contribution in [0.5, 0.6) is 0 Å². The van der Waals surface area contributed by atoms with Crippen molar-refractivity contribution in [3.05, 3.63) is 35.4 Å². The van der Waals surface area contributed by atoms with Crippen LogP contribution >= 0.6 is 0 Å². The molecule has 0 saturated carbocycles. The fourth-order valence-corrected chi connectivity index (χ4v) is 2.96. The van der Waals surface area contributed by atoms with Crippen LogP contribution in [0.1, 0.15) is 40.5 Å². The van der Waals surface area contributed by atoms with E-state index in [4.69, 9.17) is 0 Å². The number of piperidine rings is 1. The average Bonchev–Trinajstić information content (AvgIpc) is 2.79. The molecular formula is C16H19N3O3. The first kappa shape index (κ1) is 14.7. The highest BCUT2D eigenvalue weighted by molar-refractivity contribution is 6.22. The van der Waals surface area contributed by atoms with E-state index in [1.54, 1.807) is 31.2 Å². The number of carbonyl (C=O) groups is 3. The Labute approximate surface area is 128 Å². The molecule has 1 aromatic rings. The van der Waals surface area contributed by atoms with Gasteiger partial charge in [0, 0.05) is 6.04 Å². The third kappa shape index (κ3) is 2.50. The van der Waals surface area contributed by atoms with Crippen LogP contribution < -0.4 is 10.6 Å². The van der Waals surface area contributed by atoms with Gasteiger partial charge in [-0.05, 0) is 45.0 Å². The highest BCUT2D eigenvalue weighted by Crippen LogP contribution is 2.24. The lowest BCUT2D eigenvalue weighted by Crippen LogP contribution is -2.52. The molecule has 1 fully saturated rings. The lowest BCUT2D eigenvalue weighted by atomic mass is 10.1. The topological polar surface area (TPSA) is 78.5 Å². The summed E-state index contributed by atoms with van der Waals surface area (Å²) >= 11 is 0. The summed E-state index contributed by atoms with van der Waals surface area (Å²) in [6, 6.07) is 5.97. The Bertz CT molecular complexity index is 588. The molecule has 1 atom stereocenters. The van der Waals surface area contributed by atoms with E-state index in [0.29, 0.717) is 11.1 Å². The van der Waals surface area contributed by atoms with Crippen molar-refractivity contribution >= 4 is 17.7 Å². The maximum atomic E-state index is 12.4. The predicted molar refractivity (Wildman–Crippen MR) is 80.4 cm³/mol. The second-order valence-corrected chi connectivity index (χ2v) is 5.73. The van der Waals surface area contributed by atoms with Crippen molar-refractivity contribution in [2.75, 3.05) is 13.1 Å². The molecular weight excluding hydrogens is 282 g/mol. The maximum Gasteiger partial charge on any atom is 0.262 e. The fourth-order valence-electron chi connectivity index (χ4n) is 2.96. The summed E-state index contributed by atoms with van der Waals surface area (Å²) in [6.45, 7) is 3.33. The summed E-state index contributed by atoms with van der Waals surface area (Å²) in [4.78, 5) is 38.1. The number of nitrogens with one attached hydrogen (secondary N) is 2. The largest absolute Gasteiger partial charge is 0.351 e. The first-order valence-electron chi connectivity index (χ1n) is 7.57. The minimum absolute atomic E-state index is 0.103. The highest BCUT2D eigenvalue weighted by atomic mass is 16.2. The third-order valence-electron chi connectivity index (χ3n) is 4.28. The molecule has 116 valence electrons. The predicted octanol–water partition coefficient (Wildman–Crippen LogP) is 0.539. The molecule has 2 aliphatic rings. The van der Waals surface area contributed by atoms with Gasteiger partial charge in [0.25, 0.3) is 11.8 Å². The standard InChI is InChI=1S/C16H19N3O3/c1-10(14(20)18-11-6-8-17-9-7-11)19-15(21)12-4-2-3-5-13(12)16(19)22/h2-5,10-11,17H,6-9H2,1H3,(H,18,20). The number of fused-ring (bicyclic) bond motifs is 1. The number of rotatable bonds is 3. The summed E-state index contributed by atoms with van der Waals surface area (Å²) in [5, 5.41) is 6.17. The Morgan fingerprint density at radius 3 is 2.27 bits per heavy atom. The van der Waals surface area contributed by atoms with Crippen molar-refractivity contribution in [2.24, 2.45) is 0 Å². The average molecular weight is 301 g/mol. The van der Waals surface area contributed by atoms with Crippen LogP contribution in [0.25, 0.3) is 0 Å². The summed E-state index contributed by atoms with van der Waals surface area (Å²) in [5.74, 6) is -1.07. The summed E-state index contributed by atoms with van der Waals surface area (Å²) < 4.78 is 0. The van der Waals surface area contributed by atoms with Crippen LogP contribution in [0.15, 0.2) is 24.3 Å². The van der Waals surface area contributed by atoms with Gasteiger partial charge in [-0.1, -0.05) is 12.1 Å². The van der Waals surface area contributed by atoms with Gasteiger partial charge >= 0.3 is 0 Å². The molecule has 0 aromatic heterocycles. The van der Waals surface area contributed by atoms with Crippen LogP contribution in [0.4, 0.5) is 0 Å². The molecule has 1 saturated heterocycles. The second kappa shape index (κ2) is 5.88. The SMILES string of the molecule is CC(C(=O)NC1CCNCC1)N1C(=O)c2ccccc2C1=O. The quantitative estimate of drug-likeness (QED) is 0.799. The van der Waals surface area contributed by atoms with E-state index in [-0.39, 0.29) is 11.9 Å². The first-order chi connectivity index (χ1) is 10.6. The van der Waals surface area contributed by atoms with Crippen LogP contribution in [-0.2, 0) is 4.79 Å². The maximum absolute atomic E-state index is 12.4. The monoisotopic (exact) mass is 301 g/mol. The van der Waals surface area contributed by atoms with Gasteiger partial charge in [0.15, 0.2) is 0 Å². The van der Waals surface area contributed by atoms with Crippen LogP contribution in [0.2, 0.25) is 0 Å². The Morgan fingerprint density at radius 1 is 1.18 bits per heavy atom. The van der Waals surface area contributed by atoms with Crippen LogP contribution in [-0.4, -0.2) is 47.8 Å². The van der Waals surface area contributed by atoms with Crippen molar-refractivity contribution in [2.45, 2.75) is 31.8 Å². The van der Waals surface area contributed by atoms with Gasteiger partial charge < -0.3 is 10.6 Å². The van der Waals surface area contributed by atoms with E-state index >= 15 is 0 Å². The van der Waals surface area contributed by atoms with E-state index in [9.17, 15) is 14.4 Å². The Hall–Kier alpha value is -2.21. The van der Waals surface area contributed by atoms with Gasteiger partial charge in [-0.15, -0.1) is 0 Å². The molecule has 6 nitrogen and oxygen atoms in total. The summed E-state index contributed by atoms with van der Waals surface area (Å²) in [6.07, 6.45) is 1.72. The Morgan fingerprint density at radius 2 is 1.73 bits per heavy atom. The number of hydrogen-bond acceptors (Lipinski definition) is 4. The molecule has 0 radical (unpaired) electrons. The molecule has 0 bridgehead atoms. The summed E-state index contributed by atoms with van der Waals surface area (Å²) in [5.41, 5.74) is 0.739. The Balaban J connectivity index is 1.72. The van der Waals surface area contributed by atoms with E-state index in [1.165, 1.54) is 0 Å². The van der Waals surface area contributed by atoms with Gasteiger partial charge in [-0.25, -0.2) is 0 Å².